The number of imidazole rings is 1. The summed E-state index contributed by atoms with van der Waals surface area (Å²) < 4.78 is 3.03. The zero-order valence-corrected chi connectivity index (χ0v) is 15.0. The molecule has 9 heteroatoms. The first-order chi connectivity index (χ1) is 12.8. The number of benzene rings is 1. The Morgan fingerprint density at radius 1 is 1.15 bits per heavy atom. The second kappa shape index (κ2) is 5.90. The Morgan fingerprint density at radius 3 is 2.44 bits per heavy atom. The van der Waals surface area contributed by atoms with Gasteiger partial charge >= 0.3 is 5.69 Å². The van der Waals surface area contributed by atoms with Crippen LogP contribution in [-0.2, 0) is 7.05 Å². The number of nitrogens with one attached hydrogen (secondary N) is 1. The zero-order valence-electron chi connectivity index (χ0n) is 15.0. The number of amides is 1. The van der Waals surface area contributed by atoms with Gasteiger partial charge in [0, 0.05) is 13.2 Å². The Labute approximate surface area is 153 Å². The van der Waals surface area contributed by atoms with Gasteiger partial charge in [-0.15, -0.1) is 0 Å². The van der Waals surface area contributed by atoms with Crippen LogP contribution in [0.1, 0.15) is 21.7 Å². The van der Waals surface area contributed by atoms with Gasteiger partial charge in [0.15, 0.2) is 17.2 Å². The van der Waals surface area contributed by atoms with Gasteiger partial charge in [-0.05, 0) is 26.0 Å². The van der Waals surface area contributed by atoms with E-state index in [4.69, 9.17) is 5.73 Å². The summed E-state index contributed by atoms with van der Waals surface area (Å²) in [5, 5.41) is 4.28. The van der Waals surface area contributed by atoms with Crippen molar-refractivity contribution in [2.75, 3.05) is 0 Å². The Bertz CT molecular complexity index is 1250. The van der Waals surface area contributed by atoms with Crippen LogP contribution in [0.15, 0.2) is 35.3 Å². The van der Waals surface area contributed by atoms with Crippen LogP contribution in [0.2, 0.25) is 0 Å². The highest BCUT2D eigenvalue weighted by Gasteiger charge is 2.21. The normalized spacial score (nSPS) is 11.2. The van der Waals surface area contributed by atoms with Gasteiger partial charge in [-0.25, -0.2) is 19.3 Å². The van der Waals surface area contributed by atoms with Crippen LogP contribution in [0.4, 0.5) is 0 Å². The van der Waals surface area contributed by atoms with E-state index in [2.05, 4.69) is 20.1 Å². The van der Waals surface area contributed by atoms with Crippen LogP contribution < -0.4 is 11.4 Å². The molecule has 0 spiro atoms. The molecule has 9 nitrogen and oxygen atoms in total. The molecule has 0 fully saturated rings. The van der Waals surface area contributed by atoms with E-state index in [0.29, 0.717) is 16.9 Å². The SMILES string of the molecule is Cc1ccc(-n2c(=O)[nH]c3c(C(N)=O)nc(-c4cn(C)nc4C)nc32)cc1. The number of carbonyl (C=O) groups excluding carboxylic acids is 1. The number of hydrogen-bond acceptors (Lipinski definition) is 5. The van der Waals surface area contributed by atoms with Gasteiger partial charge < -0.3 is 10.7 Å². The largest absolute Gasteiger partial charge is 0.364 e. The Hall–Kier alpha value is -3.75. The Morgan fingerprint density at radius 2 is 1.85 bits per heavy atom. The number of H-pyrrole nitrogens is 1. The monoisotopic (exact) mass is 363 g/mol. The minimum atomic E-state index is -0.748. The molecule has 0 unspecified atom stereocenters. The lowest BCUT2D eigenvalue weighted by molar-refractivity contribution is 0.0997. The molecule has 0 atom stereocenters. The number of nitrogens with zero attached hydrogens (tertiary/aromatic N) is 5. The van der Waals surface area contributed by atoms with Crippen LogP contribution in [-0.4, -0.2) is 35.2 Å². The van der Waals surface area contributed by atoms with Crippen molar-refractivity contribution in [3.05, 3.63) is 57.9 Å². The van der Waals surface area contributed by atoms with E-state index in [1.54, 1.807) is 17.9 Å². The van der Waals surface area contributed by atoms with E-state index in [1.807, 2.05) is 38.1 Å². The Balaban J connectivity index is 2.07. The van der Waals surface area contributed by atoms with Crippen molar-refractivity contribution in [2.45, 2.75) is 13.8 Å². The van der Waals surface area contributed by atoms with E-state index in [1.165, 1.54) is 4.57 Å². The van der Waals surface area contributed by atoms with Crippen molar-refractivity contribution in [3.63, 3.8) is 0 Å². The summed E-state index contributed by atoms with van der Waals surface area (Å²) in [5.74, 6) is -0.468. The van der Waals surface area contributed by atoms with E-state index in [9.17, 15) is 9.59 Å². The maximum Gasteiger partial charge on any atom is 0.332 e. The fourth-order valence-corrected chi connectivity index (χ4v) is 3.04. The van der Waals surface area contributed by atoms with Gasteiger partial charge in [0.05, 0.1) is 16.9 Å². The molecule has 0 radical (unpaired) electrons. The van der Waals surface area contributed by atoms with Crippen LogP contribution in [0, 0.1) is 13.8 Å². The summed E-state index contributed by atoms with van der Waals surface area (Å²) >= 11 is 0. The standard InChI is InChI=1S/C18H17N7O2/c1-9-4-6-11(7-5-9)25-17-14(21-18(25)27)13(15(19)26)20-16(22-17)12-8-24(3)23-10(12)2/h4-8H,1-3H3,(H2,19,26)(H,21,27). The average Bonchev–Trinajstić information content (AvgIpc) is 3.12. The molecule has 3 N–H and O–H groups in total. The molecular formula is C18H17N7O2. The molecule has 0 saturated heterocycles. The fourth-order valence-electron chi connectivity index (χ4n) is 3.04. The predicted octanol–water partition coefficient (Wildman–Crippen LogP) is 1.23. The number of nitrogens with two attached hydrogens (primary N) is 1. The van der Waals surface area contributed by atoms with Crippen molar-refractivity contribution in [2.24, 2.45) is 12.8 Å². The van der Waals surface area contributed by atoms with Gasteiger partial charge in [0.25, 0.3) is 5.91 Å². The van der Waals surface area contributed by atoms with Crippen molar-refractivity contribution in [3.8, 4) is 17.1 Å². The van der Waals surface area contributed by atoms with Gasteiger partial charge in [-0.1, -0.05) is 17.7 Å². The second-order valence-electron chi connectivity index (χ2n) is 6.36. The average molecular weight is 363 g/mol. The van der Waals surface area contributed by atoms with Crippen LogP contribution in [0.3, 0.4) is 0 Å². The molecular weight excluding hydrogens is 346 g/mol. The molecule has 136 valence electrons. The maximum atomic E-state index is 12.6. The smallest absolute Gasteiger partial charge is 0.332 e. The molecule has 0 saturated carbocycles. The third-order valence-electron chi connectivity index (χ3n) is 4.32. The lowest BCUT2D eigenvalue weighted by Crippen LogP contribution is -2.15. The maximum absolute atomic E-state index is 12.6. The number of fused-ring (bicyclic) bond motifs is 1. The van der Waals surface area contributed by atoms with E-state index in [0.717, 1.165) is 5.56 Å². The van der Waals surface area contributed by atoms with Gasteiger partial charge in [0.1, 0.15) is 5.52 Å². The van der Waals surface area contributed by atoms with Gasteiger partial charge in [-0.3, -0.25) is 9.48 Å². The van der Waals surface area contributed by atoms with E-state index < -0.39 is 11.6 Å². The summed E-state index contributed by atoms with van der Waals surface area (Å²) in [6.45, 7) is 3.77. The summed E-state index contributed by atoms with van der Waals surface area (Å²) in [4.78, 5) is 36.0. The number of aromatic amines is 1. The number of rotatable bonds is 3. The van der Waals surface area contributed by atoms with E-state index in [-0.39, 0.29) is 22.7 Å². The second-order valence-corrected chi connectivity index (χ2v) is 6.36. The fraction of sp³-hybridized carbons (Fsp3) is 0.167. The number of primary amides is 1. The molecule has 3 aromatic heterocycles. The molecule has 0 aliphatic rings. The first-order valence-electron chi connectivity index (χ1n) is 8.25. The molecule has 1 aromatic carbocycles. The molecule has 27 heavy (non-hydrogen) atoms. The highest BCUT2D eigenvalue weighted by Crippen LogP contribution is 2.23. The summed E-state index contributed by atoms with van der Waals surface area (Å²) in [6, 6.07) is 7.40. The number of aryl methyl sites for hydroxylation is 3. The lowest BCUT2D eigenvalue weighted by atomic mass is 10.2. The minimum Gasteiger partial charge on any atom is -0.364 e. The molecule has 0 aliphatic carbocycles. The molecule has 4 rings (SSSR count). The van der Waals surface area contributed by atoms with Crippen molar-refractivity contribution in [1.29, 1.82) is 0 Å². The molecule has 0 bridgehead atoms. The summed E-state index contributed by atoms with van der Waals surface area (Å²) in [7, 11) is 1.78. The van der Waals surface area contributed by atoms with Gasteiger partial charge in [0.2, 0.25) is 0 Å². The van der Waals surface area contributed by atoms with Crippen LogP contribution >= 0.6 is 0 Å². The quantitative estimate of drug-likeness (QED) is 0.566. The van der Waals surface area contributed by atoms with Crippen molar-refractivity contribution in [1.82, 2.24) is 29.3 Å². The van der Waals surface area contributed by atoms with E-state index >= 15 is 0 Å². The minimum absolute atomic E-state index is 0.0405. The lowest BCUT2D eigenvalue weighted by Gasteiger charge is -2.06. The van der Waals surface area contributed by atoms with Crippen LogP contribution in [0.25, 0.3) is 28.2 Å². The first-order valence-corrected chi connectivity index (χ1v) is 8.25. The number of aromatic nitrogens is 6. The molecule has 4 aromatic rings. The Kier molecular flexibility index (Phi) is 3.65. The summed E-state index contributed by atoms with van der Waals surface area (Å²) in [6.07, 6.45) is 1.75. The van der Waals surface area contributed by atoms with Crippen molar-refractivity contribution >= 4 is 17.1 Å². The number of carbonyl (C=O) groups is 1. The van der Waals surface area contributed by atoms with Crippen LogP contribution in [0.5, 0.6) is 0 Å². The third-order valence-corrected chi connectivity index (χ3v) is 4.32. The first kappa shape index (κ1) is 16.7. The molecule has 1 amide bonds. The highest BCUT2D eigenvalue weighted by atomic mass is 16.2. The highest BCUT2D eigenvalue weighted by molar-refractivity contribution is 6.02. The zero-order chi connectivity index (χ0) is 19.3. The van der Waals surface area contributed by atoms with Gasteiger partial charge in [-0.2, -0.15) is 5.10 Å². The van der Waals surface area contributed by atoms with Crippen molar-refractivity contribution < 1.29 is 4.79 Å². The topological polar surface area (TPSA) is 124 Å². The molecule has 0 aliphatic heterocycles. The number of hydrogen-bond donors (Lipinski definition) is 2. The third kappa shape index (κ3) is 2.69. The predicted molar refractivity (Wildman–Crippen MR) is 99.7 cm³/mol. The molecule has 3 heterocycles. The summed E-state index contributed by atoms with van der Waals surface area (Å²) in [5.41, 5.74) is 8.58.